The van der Waals surface area contributed by atoms with E-state index in [9.17, 15) is 0 Å². The van der Waals surface area contributed by atoms with Gasteiger partial charge in [0.05, 0.1) is 5.69 Å². The lowest BCUT2D eigenvalue weighted by atomic mass is 9.83. The zero-order valence-electron chi connectivity index (χ0n) is 10.9. The summed E-state index contributed by atoms with van der Waals surface area (Å²) in [5.74, 6) is 2.55. The number of nitrogens with one attached hydrogen (secondary N) is 1. The number of hydrogen-bond acceptors (Lipinski definition) is 3. The van der Waals surface area contributed by atoms with E-state index in [1.807, 2.05) is 19.2 Å². The molecule has 1 aliphatic carbocycles. The van der Waals surface area contributed by atoms with Gasteiger partial charge in [-0.3, -0.25) is 0 Å². The third-order valence-electron chi connectivity index (χ3n) is 3.90. The van der Waals surface area contributed by atoms with Gasteiger partial charge in [-0.15, -0.1) is 0 Å². The van der Waals surface area contributed by atoms with Crippen LogP contribution in [0.15, 0.2) is 12.3 Å². The quantitative estimate of drug-likeness (QED) is 0.843. The molecule has 17 heavy (non-hydrogen) atoms. The van der Waals surface area contributed by atoms with Gasteiger partial charge in [-0.05, 0) is 43.2 Å². The predicted octanol–water partition coefficient (Wildman–Crippen LogP) is 3.21. The second kappa shape index (κ2) is 5.39. The van der Waals surface area contributed by atoms with Gasteiger partial charge >= 0.3 is 0 Å². The Hall–Kier alpha value is -1.25. The first-order valence-electron chi connectivity index (χ1n) is 6.61. The number of anilines is 2. The van der Waals surface area contributed by atoms with Crippen molar-refractivity contribution in [3.63, 3.8) is 0 Å². The fraction of sp³-hybridized carbons (Fsp3) is 0.643. The van der Waals surface area contributed by atoms with Crippen molar-refractivity contribution < 1.29 is 0 Å². The lowest BCUT2D eigenvalue weighted by Gasteiger charge is -2.26. The molecule has 0 aliphatic heterocycles. The van der Waals surface area contributed by atoms with Crippen molar-refractivity contribution in [2.45, 2.75) is 39.5 Å². The van der Waals surface area contributed by atoms with Crippen molar-refractivity contribution in [1.82, 2.24) is 4.98 Å². The van der Waals surface area contributed by atoms with E-state index in [1.165, 1.54) is 25.7 Å². The Labute approximate surface area is 104 Å². The van der Waals surface area contributed by atoms with Gasteiger partial charge in [0.2, 0.25) is 0 Å². The van der Waals surface area contributed by atoms with Gasteiger partial charge in [0.15, 0.2) is 0 Å². The minimum atomic E-state index is 0.785. The van der Waals surface area contributed by atoms with Crippen LogP contribution in [-0.4, -0.2) is 11.5 Å². The predicted molar refractivity (Wildman–Crippen MR) is 73.0 cm³/mol. The summed E-state index contributed by atoms with van der Waals surface area (Å²) >= 11 is 0. The highest BCUT2D eigenvalue weighted by molar-refractivity contribution is 5.64. The number of nitrogens with two attached hydrogens (primary N) is 1. The standard InChI is InChI=1S/C14H23N3/c1-10-3-5-12(6-4-10)9-17-14-13(15)11(2)7-8-16-14/h7-8,10,12H,3-6,9,15H2,1-2H3,(H,16,17). The van der Waals surface area contributed by atoms with Crippen LogP contribution in [0.25, 0.3) is 0 Å². The number of hydrogen-bond donors (Lipinski definition) is 2. The van der Waals surface area contributed by atoms with E-state index < -0.39 is 0 Å². The number of nitrogen functional groups attached to an aromatic ring is 1. The van der Waals surface area contributed by atoms with Crippen molar-refractivity contribution in [2.24, 2.45) is 11.8 Å². The molecule has 1 aromatic heterocycles. The van der Waals surface area contributed by atoms with Crippen molar-refractivity contribution in [2.75, 3.05) is 17.6 Å². The molecule has 3 heteroatoms. The van der Waals surface area contributed by atoms with E-state index in [2.05, 4.69) is 17.2 Å². The summed E-state index contributed by atoms with van der Waals surface area (Å²) in [6, 6.07) is 1.95. The van der Waals surface area contributed by atoms with Crippen LogP contribution >= 0.6 is 0 Å². The smallest absolute Gasteiger partial charge is 0.149 e. The maximum atomic E-state index is 6.00. The third kappa shape index (κ3) is 3.11. The van der Waals surface area contributed by atoms with Crippen LogP contribution in [0.4, 0.5) is 11.5 Å². The van der Waals surface area contributed by atoms with Crippen LogP contribution < -0.4 is 11.1 Å². The molecule has 0 radical (unpaired) electrons. The summed E-state index contributed by atoms with van der Waals surface area (Å²) in [6.45, 7) is 5.38. The molecule has 1 fully saturated rings. The van der Waals surface area contributed by atoms with Gasteiger partial charge in [-0.2, -0.15) is 0 Å². The van der Waals surface area contributed by atoms with Gasteiger partial charge in [0.1, 0.15) is 5.82 Å². The summed E-state index contributed by atoms with van der Waals surface area (Å²) in [5.41, 5.74) is 7.88. The minimum absolute atomic E-state index is 0.785. The number of rotatable bonds is 3. The van der Waals surface area contributed by atoms with Crippen LogP contribution in [-0.2, 0) is 0 Å². The molecule has 1 aromatic rings. The van der Waals surface area contributed by atoms with Gasteiger partial charge in [-0.25, -0.2) is 4.98 Å². The van der Waals surface area contributed by atoms with E-state index in [0.717, 1.165) is 35.4 Å². The second-order valence-electron chi connectivity index (χ2n) is 5.40. The molecular formula is C14H23N3. The first kappa shape index (κ1) is 12.2. The van der Waals surface area contributed by atoms with Crippen molar-refractivity contribution in [3.8, 4) is 0 Å². The molecule has 0 amide bonds. The Morgan fingerprint density at radius 3 is 2.76 bits per heavy atom. The summed E-state index contributed by atoms with van der Waals surface area (Å²) in [7, 11) is 0. The molecule has 3 nitrogen and oxygen atoms in total. The molecule has 1 aliphatic rings. The summed E-state index contributed by atoms with van der Waals surface area (Å²) in [5, 5.41) is 3.40. The zero-order valence-corrected chi connectivity index (χ0v) is 10.9. The monoisotopic (exact) mass is 233 g/mol. The lowest BCUT2D eigenvalue weighted by molar-refractivity contribution is 0.300. The average Bonchev–Trinajstić information content (AvgIpc) is 2.33. The highest BCUT2D eigenvalue weighted by atomic mass is 15.0. The van der Waals surface area contributed by atoms with Gasteiger partial charge in [0.25, 0.3) is 0 Å². The summed E-state index contributed by atoms with van der Waals surface area (Å²) in [6.07, 6.45) is 7.21. The molecule has 0 aromatic carbocycles. The number of pyridine rings is 1. The van der Waals surface area contributed by atoms with Crippen molar-refractivity contribution in [3.05, 3.63) is 17.8 Å². The SMILES string of the molecule is Cc1ccnc(NCC2CCC(C)CC2)c1N. The van der Waals surface area contributed by atoms with Gasteiger partial charge in [0, 0.05) is 12.7 Å². The van der Waals surface area contributed by atoms with Crippen LogP contribution in [0, 0.1) is 18.8 Å². The summed E-state index contributed by atoms with van der Waals surface area (Å²) in [4.78, 5) is 4.30. The first-order valence-corrected chi connectivity index (χ1v) is 6.61. The molecular weight excluding hydrogens is 210 g/mol. The Kier molecular flexibility index (Phi) is 3.87. The van der Waals surface area contributed by atoms with Gasteiger partial charge < -0.3 is 11.1 Å². The molecule has 2 rings (SSSR count). The Balaban J connectivity index is 1.87. The molecule has 0 bridgehead atoms. The maximum Gasteiger partial charge on any atom is 0.149 e. The molecule has 0 atom stereocenters. The molecule has 1 heterocycles. The molecule has 94 valence electrons. The zero-order chi connectivity index (χ0) is 12.3. The highest BCUT2D eigenvalue weighted by Crippen LogP contribution is 2.29. The van der Waals surface area contributed by atoms with Crippen LogP contribution in [0.3, 0.4) is 0 Å². The first-order chi connectivity index (χ1) is 8.16. The van der Waals surface area contributed by atoms with Crippen molar-refractivity contribution >= 4 is 11.5 Å². The molecule has 0 spiro atoms. The maximum absolute atomic E-state index is 6.00. The molecule has 1 saturated carbocycles. The van der Waals surface area contributed by atoms with E-state index in [-0.39, 0.29) is 0 Å². The molecule has 3 N–H and O–H groups in total. The van der Waals surface area contributed by atoms with E-state index in [1.54, 1.807) is 0 Å². The highest BCUT2D eigenvalue weighted by Gasteiger charge is 2.18. The second-order valence-corrected chi connectivity index (χ2v) is 5.40. The number of nitrogens with zero attached hydrogens (tertiary/aromatic N) is 1. The molecule has 0 unspecified atom stereocenters. The third-order valence-corrected chi connectivity index (χ3v) is 3.90. The van der Waals surface area contributed by atoms with Crippen LogP contribution in [0.2, 0.25) is 0 Å². The normalized spacial score (nSPS) is 24.6. The Morgan fingerprint density at radius 2 is 2.06 bits per heavy atom. The minimum Gasteiger partial charge on any atom is -0.396 e. The Morgan fingerprint density at radius 1 is 1.35 bits per heavy atom. The van der Waals surface area contributed by atoms with Crippen molar-refractivity contribution in [1.29, 1.82) is 0 Å². The van der Waals surface area contributed by atoms with E-state index in [0.29, 0.717) is 0 Å². The van der Waals surface area contributed by atoms with Gasteiger partial charge in [-0.1, -0.05) is 19.8 Å². The lowest BCUT2D eigenvalue weighted by Crippen LogP contribution is -2.21. The fourth-order valence-electron chi connectivity index (χ4n) is 2.48. The van der Waals surface area contributed by atoms with E-state index in [4.69, 9.17) is 5.73 Å². The van der Waals surface area contributed by atoms with E-state index >= 15 is 0 Å². The van der Waals surface area contributed by atoms with Crippen LogP contribution in [0.1, 0.15) is 38.2 Å². The number of aryl methyl sites for hydroxylation is 1. The van der Waals surface area contributed by atoms with Crippen LogP contribution in [0.5, 0.6) is 0 Å². The topological polar surface area (TPSA) is 50.9 Å². The Bertz CT molecular complexity index is 368. The fourth-order valence-corrected chi connectivity index (χ4v) is 2.48. The average molecular weight is 233 g/mol. The number of aromatic nitrogens is 1. The summed E-state index contributed by atoms with van der Waals surface area (Å²) < 4.78 is 0. The largest absolute Gasteiger partial charge is 0.396 e. The molecule has 0 saturated heterocycles.